The van der Waals surface area contributed by atoms with Crippen molar-refractivity contribution < 1.29 is 4.79 Å². The van der Waals surface area contributed by atoms with Gasteiger partial charge in [0, 0.05) is 31.8 Å². The number of nitrogens with one attached hydrogen (secondary N) is 1. The van der Waals surface area contributed by atoms with Crippen LogP contribution in [0.3, 0.4) is 0 Å². The van der Waals surface area contributed by atoms with Crippen LogP contribution in [0.5, 0.6) is 0 Å². The Bertz CT molecular complexity index is 674. The number of carbonyl (C=O) groups is 1. The Kier molecular flexibility index (Phi) is 4.24. The summed E-state index contributed by atoms with van der Waals surface area (Å²) in [7, 11) is 2.00. The highest BCUT2D eigenvalue weighted by Crippen LogP contribution is 2.19. The smallest absolute Gasteiger partial charge is 0.189 e. The lowest BCUT2D eigenvalue weighted by molar-refractivity contribution is 0.104. The average molecular weight is 292 g/mol. The Hall–Kier alpha value is -2.55. The van der Waals surface area contributed by atoms with Crippen molar-refractivity contribution in [1.29, 1.82) is 0 Å². The molecule has 112 valence electrons. The molecule has 3 rings (SSSR count). The first-order valence-corrected chi connectivity index (χ1v) is 7.60. The van der Waals surface area contributed by atoms with E-state index in [9.17, 15) is 4.79 Å². The van der Waals surface area contributed by atoms with Gasteiger partial charge in [0.05, 0.1) is 0 Å². The molecule has 0 amide bonds. The first-order chi connectivity index (χ1) is 10.7. The van der Waals surface area contributed by atoms with E-state index in [0.717, 1.165) is 36.5 Å². The van der Waals surface area contributed by atoms with Crippen molar-refractivity contribution in [3.05, 3.63) is 72.1 Å². The molecule has 3 heteroatoms. The fourth-order valence-electron chi connectivity index (χ4n) is 2.61. The first kappa shape index (κ1) is 14.4. The second-order valence-electron chi connectivity index (χ2n) is 5.54. The molecule has 0 spiro atoms. The fraction of sp³-hybridized carbons (Fsp3) is 0.211. The molecule has 0 atom stereocenters. The van der Waals surface area contributed by atoms with Gasteiger partial charge in [-0.2, -0.15) is 0 Å². The predicted molar refractivity (Wildman–Crippen MR) is 89.5 cm³/mol. The van der Waals surface area contributed by atoms with E-state index < -0.39 is 0 Å². The molecule has 0 saturated carbocycles. The Morgan fingerprint density at radius 3 is 2.41 bits per heavy atom. The highest BCUT2D eigenvalue weighted by Gasteiger charge is 2.12. The number of carbonyl (C=O) groups excluding carboxylic acids is 1. The van der Waals surface area contributed by atoms with Crippen LogP contribution in [0, 0.1) is 0 Å². The maximum absolute atomic E-state index is 12.4. The van der Waals surface area contributed by atoms with Crippen LogP contribution in [0.25, 0.3) is 11.1 Å². The SMILES string of the molecule is CN1CCCN/C1=C\C(=O)c1ccc(-c2ccccc2)cc1. The van der Waals surface area contributed by atoms with E-state index in [2.05, 4.69) is 22.3 Å². The van der Waals surface area contributed by atoms with Gasteiger partial charge in [0.2, 0.25) is 0 Å². The minimum atomic E-state index is 0.0378. The van der Waals surface area contributed by atoms with Crippen LogP contribution in [-0.2, 0) is 0 Å². The summed E-state index contributed by atoms with van der Waals surface area (Å²) in [4.78, 5) is 14.4. The third-order valence-electron chi connectivity index (χ3n) is 3.93. The molecule has 0 aromatic heterocycles. The summed E-state index contributed by atoms with van der Waals surface area (Å²) in [6, 6.07) is 18.0. The second-order valence-corrected chi connectivity index (χ2v) is 5.54. The number of nitrogens with zero attached hydrogens (tertiary/aromatic N) is 1. The van der Waals surface area contributed by atoms with E-state index in [-0.39, 0.29) is 5.78 Å². The Morgan fingerprint density at radius 2 is 1.73 bits per heavy atom. The monoisotopic (exact) mass is 292 g/mol. The van der Waals surface area contributed by atoms with E-state index in [4.69, 9.17) is 0 Å². The van der Waals surface area contributed by atoms with Gasteiger partial charge in [0.25, 0.3) is 0 Å². The van der Waals surface area contributed by atoms with Gasteiger partial charge in [-0.25, -0.2) is 0 Å². The molecule has 3 nitrogen and oxygen atoms in total. The van der Waals surface area contributed by atoms with Gasteiger partial charge < -0.3 is 10.2 Å². The lowest BCUT2D eigenvalue weighted by Crippen LogP contribution is -2.37. The van der Waals surface area contributed by atoms with Crippen LogP contribution in [0.15, 0.2) is 66.5 Å². The molecule has 1 N–H and O–H groups in total. The number of allylic oxidation sites excluding steroid dienone is 1. The summed E-state index contributed by atoms with van der Waals surface area (Å²) in [6.07, 6.45) is 2.80. The Balaban J connectivity index is 1.78. The standard InChI is InChI=1S/C19H20N2O/c1-21-13-5-12-20-19(21)14-18(22)17-10-8-16(9-11-17)15-6-3-2-4-7-15/h2-4,6-11,14,20H,5,12-13H2,1H3/b19-14+. The third-order valence-corrected chi connectivity index (χ3v) is 3.93. The molecule has 0 radical (unpaired) electrons. The van der Waals surface area contributed by atoms with Crippen molar-refractivity contribution in [2.45, 2.75) is 6.42 Å². The number of hydrogen-bond acceptors (Lipinski definition) is 3. The summed E-state index contributed by atoms with van der Waals surface area (Å²) in [5, 5.41) is 3.27. The lowest BCUT2D eigenvalue weighted by Gasteiger charge is -2.28. The van der Waals surface area contributed by atoms with Crippen LogP contribution >= 0.6 is 0 Å². The van der Waals surface area contributed by atoms with Crippen LogP contribution < -0.4 is 5.32 Å². The molecule has 0 bridgehead atoms. The maximum Gasteiger partial charge on any atom is 0.189 e. The summed E-state index contributed by atoms with van der Waals surface area (Å²) in [5.41, 5.74) is 3.00. The summed E-state index contributed by atoms with van der Waals surface area (Å²) < 4.78 is 0. The van der Waals surface area contributed by atoms with E-state index in [0.29, 0.717) is 5.56 Å². The molecule has 22 heavy (non-hydrogen) atoms. The first-order valence-electron chi connectivity index (χ1n) is 7.60. The van der Waals surface area contributed by atoms with E-state index >= 15 is 0 Å². The normalized spacial score (nSPS) is 16.4. The van der Waals surface area contributed by atoms with Crippen LogP contribution in [-0.4, -0.2) is 30.8 Å². The molecule has 2 aromatic carbocycles. The zero-order valence-electron chi connectivity index (χ0n) is 12.8. The molecule has 1 aliphatic heterocycles. The van der Waals surface area contributed by atoms with E-state index in [1.807, 2.05) is 49.5 Å². The van der Waals surface area contributed by atoms with Crippen molar-refractivity contribution in [2.75, 3.05) is 20.1 Å². The predicted octanol–water partition coefficient (Wildman–Crippen LogP) is 3.30. The average Bonchev–Trinajstić information content (AvgIpc) is 2.58. The van der Waals surface area contributed by atoms with Gasteiger partial charge in [-0.05, 0) is 17.5 Å². The minimum absolute atomic E-state index is 0.0378. The Morgan fingerprint density at radius 1 is 1.05 bits per heavy atom. The Labute approximate surface area is 131 Å². The molecule has 1 heterocycles. The molecule has 0 unspecified atom stereocenters. The minimum Gasteiger partial charge on any atom is -0.372 e. The molecular weight excluding hydrogens is 272 g/mol. The van der Waals surface area contributed by atoms with Crippen molar-refractivity contribution in [1.82, 2.24) is 10.2 Å². The molecule has 1 saturated heterocycles. The zero-order chi connectivity index (χ0) is 15.4. The zero-order valence-corrected chi connectivity index (χ0v) is 12.8. The van der Waals surface area contributed by atoms with Crippen LogP contribution in [0.2, 0.25) is 0 Å². The summed E-state index contributed by atoms with van der Waals surface area (Å²) in [6.45, 7) is 1.91. The van der Waals surface area contributed by atoms with Crippen molar-refractivity contribution in [3.63, 3.8) is 0 Å². The third kappa shape index (κ3) is 3.19. The highest BCUT2D eigenvalue weighted by molar-refractivity contribution is 6.05. The van der Waals surface area contributed by atoms with Crippen LogP contribution in [0.4, 0.5) is 0 Å². The molecule has 0 aliphatic carbocycles. The van der Waals surface area contributed by atoms with E-state index in [1.54, 1.807) is 6.08 Å². The fourth-order valence-corrected chi connectivity index (χ4v) is 2.61. The van der Waals surface area contributed by atoms with Gasteiger partial charge in [-0.1, -0.05) is 54.6 Å². The summed E-state index contributed by atoms with van der Waals surface area (Å²) in [5.74, 6) is 0.944. The second kappa shape index (κ2) is 6.48. The van der Waals surface area contributed by atoms with Crippen molar-refractivity contribution >= 4 is 5.78 Å². The topological polar surface area (TPSA) is 32.3 Å². The molecule has 1 aliphatic rings. The molecular formula is C19H20N2O. The number of ketones is 1. The molecule has 2 aromatic rings. The lowest BCUT2D eigenvalue weighted by atomic mass is 10.0. The maximum atomic E-state index is 12.4. The number of benzene rings is 2. The van der Waals surface area contributed by atoms with Gasteiger partial charge in [-0.15, -0.1) is 0 Å². The largest absolute Gasteiger partial charge is 0.372 e. The highest BCUT2D eigenvalue weighted by atomic mass is 16.1. The number of rotatable bonds is 3. The van der Waals surface area contributed by atoms with Crippen LogP contribution in [0.1, 0.15) is 16.8 Å². The van der Waals surface area contributed by atoms with Gasteiger partial charge in [0.1, 0.15) is 5.82 Å². The van der Waals surface area contributed by atoms with Gasteiger partial charge in [0.15, 0.2) is 5.78 Å². The number of hydrogen-bond donors (Lipinski definition) is 1. The summed E-state index contributed by atoms with van der Waals surface area (Å²) >= 11 is 0. The van der Waals surface area contributed by atoms with Gasteiger partial charge >= 0.3 is 0 Å². The van der Waals surface area contributed by atoms with Gasteiger partial charge in [-0.3, -0.25) is 4.79 Å². The van der Waals surface area contributed by atoms with Crippen molar-refractivity contribution in [3.8, 4) is 11.1 Å². The van der Waals surface area contributed by atoms with E-state index in [1.165, 1.54) is 0 Å². The van der Waals surface area contributed by atoms with Crippen molar-refractivity contribution in [2.24, 2.45) is 0 Å². The molecule has 1 fully saturated rings. The quantitative estimate of drug-likeness (QED) is 0.696.